The lowest BCUT2D eigenvalue weighted by molar-refractivity contribution is -0.134. The van der Waals surface area contributed by atoms with E-state index >= 15 is 0 Å². The predicted octanol–water partition coefficient (Wildman–Crippen LogP) is 2.89. The van der Waals surface area contributed by atoms with Crippen LogP contribution in [0.1, 0.15) is 43.7 Å². The van der Waals surface area contributed by atoms with Crippen LogP contribution in [-0.2, 0) is 11.2 Å². The summed E-state index contributed by atoms with van der Waals surface area (Å²) in [6.07, 6.45) is 4.98. The van der Waals surface area contributed by atoms with Crippen LogP contribution in [0.15, 0.2) is 24.3 Å². The van der Waals surface area contributed by atoms with Gasteiger partial charge in [-0.2, -0.15) is 5.26 Å². The number of amides is 1. The molecule has 1 saturated heterocycles. The van der Waals surface area contributed by atoms with Gasteiger partial charge in [0, 0.05) is 12.6 Å². The summed E-state index contributed by atoms with van der Waals surface area (Å²) < 4.78 is 0. The fourth-order valence-corrected chi connectivity index (χ4v) is 2.73. The number of hydrogen-bond donors (Lipinski definition) is 0. The summed E-state index contributed by atoms with van der Waals surface area (Å²) in [5.74, 6) is 0.219. The second-order valence-electron chi connectivity index (χ2n) is 5.13. The SMILES string of the molecule is CCC1CCCCN1C(=O)Cc1ccc(C#N)cc1. The lowest BCUT2D eigenvalue weighted by Gasteiger charge is -2.35. The molecule has 2 rings (SSSR count). The first-order valence-electron chi connectivity index (χ1n) is 7.03. The third kappa shape index (κ3) is 3.35. The summed E-state index contributed by atoms with van der Waals surface area (Å²) in [4.78, 5) is 14.4. The van der Waals surface area contributed by atoms with Gasteiger partial charge in [-0.05, 0) is 43.4 Å². The van der Waals surface area contributed by atoms with Gasteiger partial charge in [0.1, 0.15) is 0 Å². The smallest absolute Gasteiger partial charge is 0.227 e. The number of benzene rings is 1. The van der Waals surface area contributed by atoms with Crippen molar-refractivity contribution in [1.82, 2.24) is 4.90 Å². The van der Waals surface area contributed by atoms with Gasteiger partial charge in [0.15, 0.2) is 0 Å². The van der Waals surface area contributed by atoms with Gasteiger partial charge in [0.2, 0.25) is 5.91 Å². The summed E-state index contributed by atoms with van der Waals surface area (Å²) in [6, 6.07) is 9.81. The highest BCUT2D eigenvalue weighted by Gasteiger charge is 2.24. The molecule has 1 amide bonds. The second kappa shape index (κ2) is 6.38. The fraction of sp³-hybridized carbons (Fsp3) is 0.500. The Bertz CT molecular complexity index is 473. The van der Waals surface area contributed by atoms with Gasteiger partial charge in [-0.3, -0.25) is 4.79 Å². The van der Waals surface area contributed by atoms with Crippen LogP contribution in [0.3, 0.4) is 0 Å². The lowest BCUT2D eigenvalue weighted by Crippen LogP contribution is -2.44. The normalized spacial score (nSPS) is 18.9. The van der Waals surface area contributed by atoms with Gasteiger partial charge < -0.3 is 4.90 Å². The minimum atomic E-state index is 0.219. The molecule has 0 bridgehead atoms. The average Bonchev–Trinajstić information content (AvgIpc) is 2.48. The Morgan fingerprint density at radius 1 is 1.37 bits per heavy atom. The first-order chi connectivity index (χ1) is 9.24. The molecule has 19 heavy (non-hydrogen) atoms. The van der Waals surface area contributed by atoms with E-state index in [2.05, 4.69) is 13.0 Å². The van der Waals surface area contributed by atoms with Crippen molar-refractivity contribution in [3.63, 3.8) is 0 Å². The number of piperidine rings is 1. The second-order valence-corrected chi connectivity index (χ2v) is 5.13. The zero-order valence-corrected chi connectivity index (χ0v) is 11.4. The molecule has 1 aromatic rings. The maximum absolute atomic E-state index is 12.4. The minimum Gasteiger partial charge on any atom is -0.339 e. The highest BCUT2D eigenvalue weighted by molar-refractivity contribution is 5.79. The highest BCUT2D eigenvalue weighted by atomic mass is 16.2. The van der Waals surface area contributed by atoms with Gasteiger partial charge in [-0.15, -0.1) is 0 Å². The van der Waals surface area contributed by atoms with Gasteiger partial charge in [0.25, 0.3) is 0 Å². The zero-order valence-electron chi connectivity index (χ0n) is 11.4. The minimum absolute atomic E-state index is 0.219. The maximum atomic E-state index is 12.4. The van der Waals surface area contributed by atoms with E-state index in [1.54, 1.807) is 12.1 Å². The molecule has 0 spiro atoms. The van der Waals surface area contributed by atoms with E-state index in [0.717, 1.165) is 31.4 Å². The van der Waals surface area contributed by atoms with Crippen molar-refractivity contribution >= 4 is 5.91 Å². The molecular weight excluding hydrogens is 236 g/mol. The molecule has 1 atom stereocenters. The van der Waals surface area contributed by atoms with Crippen LogP contribution in [0.25, 0.3) is 0 Å². The highest BCUT2D eigenvalue weighted by Crippen LogP contribution is 2.20. The van der Waals surface area contributed by atoms with E-state index in [-0.39, 0.29) is 5.91 Å². The third-order valence-electron chi connectivity index (χ3n) is 3.86. The van der Waals surface area contributed by atoms with E-state index in [9.17, 15) is 4.79 Å². The molecule has 0 radical (unpaired) electrons. The molecule has 1 fully saturated rings. The molecule has 3 nitrogen and oxygen atoms in total. The molecule has 0 N–H and O–H groups in total. The van der Waals surface area contributed by atoms with Crippen LogP contribution in [-0.4, -0.2) is 23.4 Å². The van der Waals surface area contributed by atoms with Crippen LogP contribution in [0.4, 0.5) is 0 Å². The Morgan fingerprint density at radius 2 is 2.11 bits per heavy atom. The van der Waals surface area contributed by atoms with E-state index < -0.39 is 0 Å². The number of nitriles is 1. The van der Waals surface area contributed by atoms with Gasteiger partial charge in [0.05, 0.1) is 18.1 Å². The molecule has 0 aliphatic carbocycles. The number of carbonyl (C=O) groups is 1. The average molecular weight is 256 g/mol. The van der Waals surface area contributed by atoms with E-state index in [1.807, 2.05) is 17.0 Å². The van der Waals surface area contributed by atoms with Gasteiger partial charge >= 0.3 is 0 Å². The number of nitrogens with zero attached hydrogens (tertiary/aromatic N) is 2. The third-order valence-corrected chi connectivity index (χ3v) is 3.86. The van der Waals surface area contributed by atoms with Crippen LogP contribution in [0.2, 0.25) is 0 Å². The summed E-state index contributed by atoms with van der Waals surface area (Å²) in [5.41, 5.74) is 1.63. The molecule has 1 unspecified atom stereocenters. The lowest BCUT2D eigenvalue weighted by atomic mass is 9.99. The van der Waals surface area contributed by atoms with Crippen molar-refractivity contribution < 1.29 is 4.79 Å². The van der Waals surface area contributed by atoms with Crippen LogP contribution in [0, 0.1) is 11.3 Å². The largest absolute Gasteiger partial charge is 0.339 e. The number of likely N-dealkylation sites (tertiary alicyclic amines) is 1. The van der Waals surface area contributed by atoms with Gasteiger partial charge in [-0.1, -0.05) is 19.1 Å². The van der Waals surface area contributed by atoms with Crippen molar-refractivity contribution in [2.24, 2.45) is 0 Å². The fourth-order valence-electron chi connectivity index (χ4n) is 2.73. The van der Waals surface area contributed by atoms with Crippen LogP contribution >= 0.6 is 0 Å². The van der Waals surface area contributed by atoms with E-state index in [1.165, 1.54) is 6.42 Å². The molecule has 100 valence electrons. The zero-order chi connectivity index (χ0) is 13.7. The van der Waals surface area contributed by atoms with Crippen molar-refractivity contribution in [3.8, 4) is 6.07 Å². The first kappa shape index (κ1) is 13.6. The van der Waals surface area contributed by atoms with Crippen molar-refractivity contribution in [1.29, 1.82) is 5.26 Å². The molecular formula is C16H20N2O. The number of hydrogen-bond acceptors (Lipinski definition) is 2. The molecule has 1 aromatic carbocycles. The summed E-state index contributed by atoms with van der Waals surface area (Å²) in [5, 5.41) is 8.76. The molecule has 1 aliphatic heterocycles. The molecule has 3 heteroatoms. The van der Waals surface area contributed by atoms with Gasteiger partial charge in [-0.25, -0.2) is 0 Å². The number of carbonyl (C=O) groups excluding carboxylic acids is 1. The summed E-state index contributed by atoms with van der Waals surface area (Å²) in [7, 11) is 0. The van der Waals surface area contributed by atoms with E-state index in [0.29, 0.717) is 18.0 Å². The Morgan fingerprint density at radius 3 is 2.74 bits per heavy atom. The summed E-state index contributed by atoms with van der Waals surface area (Å²) in [6.45, 7) is 3.05. The van der Waals surface area contributed by atoms with Crippen molar-refractivity contribution in [2.45, 2.75) is 45.1 Å². The standard InChI is InChI=1S/C16H20N2O/c1-2-15-5-3-4-10-18(15)16(19)11-13-6-8-14(12-17)9-7-13/h6-9,15H,2-5,10-11H2,1H3. The summed E-state index contributed by atoms with van der Waals surface area (Å²) >= 11 is 0. The maximum Gasteiger partial charge on any atom is 0.227 e. The monoisotopic (exact) mass is 256 g/mol. The van der Waals surface area contributed by atoms with Crippen LogP contribution < -0.4 is 0 Å². The Kier molecular flexibility index (Phi) is 4.57. The Labute approximate surface area is 114 Å². The molecule has 0 aromatic heterocycles. The predicted molar refractivity (Wildman–Crippen MR) is 74.5 cm³/mol. The van der Waals surface area contributed by atoms with Crippen molar-refractivity contribution in [2.75, 3.05) is 6.54 Å². The topological polar surface area (TPSA) is 44.1 Å². The van der Waals surface area contributed by atoms with E-state index in [4.69, 9.17) is 5.26 Å². The Balaban J connectivity index is 2.01. The molecule has 1 aliphatic rings. The molecule has 1 heterocycles. The number of rotatable bonds is 3. The Hall–Kier alpha value is -1.82. The quantitative estimate of drug-likeness (QED) is 0.834. The molecule has 0 saturated carbocycles. The van der Waals surface area contributed by atoms with Crippen LogP contribution in [0.5, 0.6) is 0 Å². The first-order valence-corrected chi connectivity index (χ1v) is 7.03. The van der Waals surface area contributed by atoms with Crippen molar-refractivity contribution in [3.05, 3.63) is 35.4 Å².